The number of urea groups is 1. The van der Waals surface area contributed by atoms with Crippen LogP contribution in [0.2, 0.25) is 0 Å². The van der Waals surface area contributed by atoms with Gasteiger partial charge in [0.2, 0.25) is 23.5 Å². The molecular weight excluding hydrogens is 684 g/mol. The Kier molecular flexibility index (Phi) is 13.2. The number of carbonyl (C=O) groups excluding carboxylic acids is 5. The molecule has 0 radical (unpaired) electrons. The molecular formula is C36H59F2N5O7S. The predicted octanol–water partition coefficient (Wildman–Crippen LogP) is 3.89. The van der Waals surface area contributed by atoms with Crippen LogP contribution in [0.15, 0.2) is 12.7 Å². The van der Waals surface area contributed by atoms with Gasteiger partial charge in [0.25, 0.3) is 5.91 Å². The van der Waals surface area contributed by atoms with Gasteiger partial charge in [0, 0.05) is 25.9 Å². The summed E-state index contributed by atoms with van der Waals surface area (Å²) in [6.07, 6.45) is 2.23. The molecule has 4 N–H and O–H groups in total. The Labute approximate surface area is 302 Å². The average Bonchev–Trinajstić information content (AvgIpc) is 3.70. The van der Waals surface area contributed by atoms with Crippen molar-refractivity contribution in [2.75, 3.05) is 18.8 Å². The first-order chi connectivity index (χ1) is 23.3. The third kappa shape index (κ3) is 11.0. The van der Waals surface area contributed by atoms with E-state index in [9.17, 15) is 41.2 Å². The maximum Gasteiger partial charge on any atom is 0.315 e. The van der Waals surface area contributed by atoms with Gasteiger partial charge in [0.15, 0.2) is 9.84 Å². The van der Waals surface area contributed by atoms with E-state index in [-0.39, 0.29) is 43.7 Å². The zero-order valence-corrected chi connectivity index (χ0v) is 32.3. The van der Waals surface area contributed by atoms with Crippen LogP contribution in [0.3, 0.4) is 0 Å². The molecule has 2 saturated carbocycles. The van der Waals surface area contributed by atoms with Crippen LogP contribution >= 0.6 is 0 Å². The Hall–Kier alpha value is -3.10. The smallest absolute Gasteiger partial charge is 0.315 e. The van der Waals surface area contributed by atoms with Crippen LogP contribution in [0, 0.1) is 23.2 Å². The number of rotatable bonds is 14. The van der Waals surface area contributed by atoms with Gasteiger partial charge in [-0.2, -0.15) is 0 Å². The number of sulfone groups is 1. The molecule has 0 aromatic rings. The number of Topliss-reactive ketones (excluding diaryl/α,β-unsaturated/α-hetero) is 1. The van der Waals surface area contributed by atoms with Crippen LogP contribution in [0.1, 0.15) is 107 Å². The minimum atomic E-state index is -3.85. The highest BCUT2D eigenvalue weighted by atomic mass is 32.2. The van der Waals surface area contributed by atoms with E-state index >= 15 is 0 Å². The summed E-state index contributed by atoms with van der Waals surface area (Å²) in [7, 11) is -3.85. The van der Waals surface area contributed by atoms with Crippen molar-refractivity contribution in [2.45, 2.75) is 141 Å². The van der Waals surface area contributed by atoms with Crippen molar-refractivity contribution in [1.82, 2.24) is 26.2 Å². The first-order valence-electron chi connectivity index (χ1n) is 18.1. The van der Waals surface area contributed by atoms with Crippen LogP contribution in [-0.4, -0.2) is 96.0 Å². The van der Waals surface area contributed by atoms with Gasteiger partial charge in [-0.25, -0.2) is 22.0 Å². The minimum absolute atomic E-state index is 0.0366. The normalized spacial score (nSPS) is 23.2. The fraction of sp³-hybridized carbons (Fsp3) is 0.806. The molecule has 0 aromatic heterocycles. The number of hydrogen-bond donors (Lipinski definition) is 4. The van der Waals surface area contributed by atoms with E-state index in [1.165, 1.54) is 31.7 Å². The number of hydrogen-bond acceptors (Lipinski definition) is 7. The predicted molar refractivity (Wildman–Crippen MR) is 191 cm³/mol. The highest BCUT2D eigenvalue weighted by Crippen LogP contribution is 2.41. The largest absolute Gasteiger partial charge is 0.346 e. The highest BCUT2D eigenvalue weighted by Gasteiger charge is 2.51. The maximum absolute atomic E-state index is 14.4. The Morgan fingerprint density at radius 1 is 0.941 bits per heavy atom. The van der Waals surface area contributed by atoms with Gasteiger partial charge in [-0.1, -0.05) is 53.5 Å². The molecule has 5 amide bonds. The molecule has 2 aliphatic carbocycles. The number of likely N-dealkylation sites (tertiary alicyclic amines) is 1. The lowest BCUT2D eigenvalue weighted by Crippen LogP contribution is -2.64. The zero-order chi connectivity index (χ0) is 38.7. The average molecular weight is 744 g/mol. The number of amides is 5. The Morgan fingerprint density at radius 3 is 2.02 bits per heavy atom. The third-order valence-corrected chi connectivity index (χ3v) is 13.3. The maximum atomic E-state index is 14.4. The fourth-order valence-corrected chi connectivity index (χ4v) is 8.41. The van der Waals surface area contributed by atoms with E-state index < -0.39 is 97.7 Å². The molecule has 1 aliphatic heterocycles. The highest BCUT2D eigenvalue weighted by molar-refractivity contribution is 7.92. The molecule has 3 aliphatic rings. The summed E-state index contributed by atoms with van der Waals surface area (Å²) in [5, 5.41) is 10.7. The standard InChI is InChI=1S/C36H59F2N5O7S/c1-10-18-39-30(46)27(44)25(20-23-11-12-23)40-29(45)26-24(22(2)3)13-19-43(26)31(47)28(33(4,5)6)41-32(48)42-35(14-16-36(37,38)17-15-35)21-51(49,50)34(7,8)9/h10,22-26,28H,1,11-21H2,2-9H3,(H,39,46)(H,40,45)(H2,41,42,48)/t24-,25?,26+,28?/m1/s1. The summed E-state index contributed by atoms with van der Waals surface area (Å²) >= 11 is 0. The quantitative estimate of drug-likeness (QED) is 0.155. The first kappa shape index (κ1) is 42.3. The van der Waals surface area contributed by atoms with Crippen molar-refractivity contribution < 1.29 is 41.2 Å². The number of nitrogens with zero attached hydrogens (tertiary/aromatic N) is 1. The molecule has 12 nitrogen and oxygen atoms in total. The van der Waals surface area contributed by atoms with Crippen LogP contribution in [0.5, 0.6) is 0 Å². The molecule has 1 heterocycles. The summed E-state index contributed by atoms with van der Waals surface area (Å²) in [5.74, 6) is -6.40. The van der Waals surface area contributed by atoms with E-state index in [1.54, 1.807) is 20.8 Å². The van der Waals surface area contributed by atoms with Crippen molar-refractivity contribution in [3.05, 3.63) is 12.7 Å². The van der Waals surface area contributed by atoms with Crippen LogP contribution in [-0.2, 0) is 29.0 Å². The van der Waals surface area contributed by atoms with Gasteiger partial charge in [-0.3, -0.25) is 19.2 Å². The molecule has 0 aromatic carbocycles. The van der Waals surface area contributed by atoms with E-state index in [4.69, 9.17) is 0 Å². The summed E-state index contributed by atoms with van der Waals surface area (Å²) in [6.45, 7) is 17.4. The molecule has 290 valence electrons. The van der Waals surface area contributed by atoms with Gasteiger partial charge in [0.05, 0.1) is 22.1 Å². The lowest BCUT2D eigenvalue weighted by Gasteiger charge is -2.42. The molecule has 0 bridgehead atoms. The minimum Gasteiger partial charge on any atom is -0.346 e. The molecule has 3 rings (SSSR count). The molecule has 1 saturated heterocycles. The van der Waals surface area contributed by atoms with Gasteiger partial charge in [0.1, 0.15) is 12.1 Å². The van der Waals surface area contributed by atoms with E-state index in [1.807, 2.05) is 13.8 Å². The molecule has 3 fully saturated rings. The molecule has 0 spiro atoms. The van der Waals surface area contributed by atoms with Gasteiger partial charge in [-0.05, 0) is 69.6 Å². The first-order valence-corrected chi connectivity index (χ1v) is 19.7. The Morgan fingerprint density at radius 2 is 1.53 bits per heavy atom. The second-order valence-corrected chi connectivity index (χ2v) is 19.9. The van der Waals surface area contributed by atoms with Gasteiger partial charge < -0.3 is 26.2 Å². The van der Waals surface area contributed by atoms with Crippen molar-refractivity contribution in [3.63, 3.8) is 0 Å². The summed E-state index contributed by atoms with van der Waals surface area (Å²) in [5.41, 5.74) is -2.38. The van der Waals surface area contributed by atoms with Crippen molar-refractivity contribution in [3.8, 4) is 0 Å². The number of halogens is 2. The third-order valence-electron chi connectivity index (χ3n) is 10.5. The van der Waals surface area contributed by atoms with Crippen LogP contribution in [0.4, 0.5) is 13.6 Å². The SMILES string of the molecule is C=CCNC(=O)C(=O)C(CC1CC1)NC(=O)[C@@H]1[C@@H](C(C)C)CCN1C(=O)C(NC(=O)NC1(CS(=O)(=O)C(C)(C)C)CCC(F)(F)CC1)C(C)(C)C. The number of ketones is 1. The molecule has 4 atom stereocenters. The lowest BCUT2D eigenvalue weighted by atomic mass is 9.81. The summed E-state index contributed by atoms with van der Waals surface area (Å²) in [4.78, 5) is 69.3. The number of alkyl halides is 2. The van der Waals surface area contributed by atoms with Crippen LogP contribution < -0.4 is 21.3 Å². The fourth-order valence-electron chi connectivity index (χ4n) is 6.89. The van der Waals surface area contributed by atoms with Gasteiger partial charge >= 0.3 is 6.03 Å². The van der Waals surface area contributed by atoms with Crippen molar-refractivity contribution in [1.29, 1.82) is 0 Å². The second kappa shape index (κ2) is 15.9. The van der Waals surface area contributed by atoms with E-state index in [0.29, 0.717) is 12.8 Å². The monoisotopic (exact) mass is 743 g/mol. The molecule has 51 heavy (non-hydrogen) atoms. The topological polar surface area (TPSA) is 171 Å². The Bertz CT molecular complexity index is 1440. The zero-order valence-electron chi connectivity index (χ0n) is 31.5. The van der Waals surface area contributed by atoms with Crippen molar-refractivity contribution in [2.24, 2.45) is 23.2 Å². The molecule has 2 unspecified atom stereocenters. The Balaban J connectivity index is 1.88. The summed E-state index contributed by atoms with van der Waals surface area (Å²) < 4.78 is 53.9. The lowest BCUT2D eigenvalue weighted by molar-refractivity contribution is -0.144. The molecule has 15 heteroatoms. The van der Waals surface area contributed by atoms with Crippen molar-refractivity contribution >= 4 is 39.4 Å². The second-order valence-electron chi connectivity index (χ2n) is 17.2. The van der Waals surface area contributed by atoms with E-state index in [2.05, 4.69) is 27.8 Å². The summed E-state index contributed by atoms with van der Waals surface area (Å²) in [6, 6.07) is -4.15. The van der Waals surface area contributed by atoms with Gasteiger partial charge in [-0.15, -0.1) is 6.58 Å². The number of nitrogens with one attached hydrogen (secondary N) is 4. The van der Waals surface area contributed by atoms with Crippen LogP contribution in [0.25, 0.3) is 0 Å². The van der Waals surface area contributed by atoms with E-state index in [0.717, 1.165) is 12.8 Å². The number of carbonyl (C=O) groups is 5.